The zero-order valence-electron chi connectivity index (χ0n) is 10.6. The van der Waals surface area contributed by atoms with Gasteiger partial charge in [-0.15, -0.1) is 0 Å². The molecule has 1 fully saturated rings. The van der Waals surface area contributed by atoms with Gasteiger partial charge in [0, 0.05) is 6.54 Å². The molecule has 1 aliphatic rings. The molecule has 0 saturated heterocycles. The van der Waals surface area contributed by atoms with Gasteiger partial charge in [-0.05, 0) is 42.9 Å². The van der Waals surface area contributed by atoms with Crippen molar-refractivity contribution in [3.63, 3.8) is 0 Å². The predicted molar refractivity (Wildman–Crippen MR) is 73.2 cm³/mol. The van der Waals surface area contributed by atoms with Crippen LogP contribution >= 0.6 is 11.6 Å². The molecule has 0 amide bonds. The summed E-state index contributed by atoms with van der Waals surface area (Å²) in [4.78, 5) is 0.0242. The Bertz CT molecular complexity index is 618. The third kappa shape index (κ3) is 3.47. The summed E-state index contributed by atoms with van der Waals surface area (Å²) in [5.41, 5.74) is 0.343. The molecule has 102 valence electrons. The summed E-state index contributed by atoms with van der Waals surface area (Å²) < 4.78 is 26.8. The number of rotatable bonds is 5. The molecule has 2 rings (SSSR count). The van der Waals surface area contributed by atoms with Crippen molar-refractivity contribution in [2.24, 2.45) is 11.8 Å². The molecule has 0 heterocycles. The second-order valence-electron chi connectivity index (χ2n) is 4.92. The lowest BCUT2D eigenvalue weighted by atomic mass is 10.1. The van der Waals surface area contributed by atoms with Crippen molar-refractivity contribution in [3.8, 4) is 6.07 Å². The van der Waals surface area contributed by atoms with Crippen LogP contribution in [0.1, 0.15) is 25.3 Å². The molecule has 1 aromatic rings. The number of benzene rings is 1. The molecule has 1 aliphatic carbocycles. The highest BCUT2D eigenvalue weighted by atomic mass is 35.5. The van der Waals surface area contributed by atoms with E-state index in [1.807, 2.05) is 13.0 Å². The summed E-state index contributed by atoms with van der Waals surface area (Å²) in [5.74, 6) is 0.978. The van der Waals surface area contributed by atoms with Gasteiger partial charge in [-0.25, -0.2) is 13.1 Å². The van der Waals surface area contributed by atoms with E-state index in [0.717, 1.165) is 0 Å². The summed E-state index contributed by atoms with van der Waals surface area (Å²) in [6, 6.07) is 6.10. The van der Waals surface area contributed by atoms with Crippen molar-refractivity contribution in [3.05, 3.63) is 28.8 Å². The molecule has 0 bridgehead atoms. The Morgan fingerprint density at radius 2 is 2.21 bits per heavy atom. The smallest absolute Gasteiger partial charge is 0.211 e. The molecule has 1 aromatic carbocycles. The lowest BCUT2D eigenvalue weighted by Gasteiger charge is -2.12. The zero-order chi connectivity index (χ0) is 14.0. The van der Waals surface area contributed by atoms with Crippen LogP contribution in [-0.2, 0) is 10.0 Å². The van der Waals surface area contributed by atoms with Crippen LogP contribution in [-0.4, -0.2) is 15.0 Å². The van der Waals surface area contributed by atoms with Crippen molar-refractivity contribution < 1.29 is 8.42 Å². The van der Waals surface area contributed by atoms with Crippen LogP contribution in [0.15, 0.2) is 23.1 Å². The van der Waals surface area contributed by atoms with Crippen LogP contribution in [0.4, 0.5) is 0 Å². The third-order valence-electron chi connectivity index (χ3n) is 3.37. The first-order chi connectivity index (χ1) is 8.94. The topological polar surface area (TPSA) is 70.0 Å². The van der Waals surface area contributed by atoms with E-state index in [0.29, 0.717) is 23.9 Å². The SMILES string of the molecule is CC(CNS(=O)(=O)c1ccc(C#N)cc1Cl)C1CC1. The average molecular weight is 299 g/mol. The normalized spacial score (nSPS) is 16.9. The van der Waals surface area contributed by atoms with Gasteiger partial charge >= 0.3 is 0 Å². The van der Waals surface area contributed by atoms with Gasteiger partial charge in [-0.3, -0.25) is 0 Å². The first-order valence-electron chi connectivity index (χ1n) is 6.13. The van der Waals surface area contributed by atoms with E-state index in [2.05, 4.69) is 4.72 Å². The van der Waals surface area contributed by atoms with Crippen molar-refractivity contribution >= 4 is 21.6 Å². The molecule has 0 aromatic heterocycles. The van der Waals surface area contributed by atoms with E-state index in [-0.39, 0.29) is 9.92 Å². The molecule has 6 heteroatoms. The Hall–Kier alpha value is -1.09. The minimum absolute atomic E-state index is 0.0242. The van der Waals surface area contributed by atoms with Crippen LogP contribution in [0.3, 0.4) is 0 Å². The van der Waals surface area contributed by atoms with Crippen molar-refractivity contribution in [1.82, 2.24) is 4.72 Å². The van der Waals surface area contributed by atoms with Crippen molar-refractivity contribution in [2.75, 3.05) is 6.54 Å². The first-order valence-corrected chi connectivity index (χ1v) is 7.99. The van der Waals surface area contributed by atoms with Gasteiger partial charge in [-0.1, -0.05) is 18.5 Å². The first kappa shape index (κ1) is 14.3. The van der Waals surface area contributed by atoms with E-state index >= 15 is 0 Å². The van der Waals surface area contributed by atoms with E-state index in [1.54, 1.807) is 0 Å². The molecule has 0 spiro atoms. The number of nitrogens with zero attached hydrogens (tertiary/aromatic N) is 1. The second kappa shape index (κ2) is 5.49. The highest BCUT2D eigenvalue weighted by molar-refractivity contribution is 7.89. The summed E-state index contributed by atoms with van der Waals surface area (Å²) in [6.07, 6.45) is 2.36. The van der Waals surface area contributed by atoms with Crippen LogP contribution in [0.2, 0.25) is 5.02 Å². The van der Waals surface area contributed by atoms with Crippen molar-refractivity contribution in [1.29, 1.82) is 5.26 Å². The number of hydrogen-bond donors (Lipinski definition) is 1. The quantitative estimate of drug-likeness (QED) is 0.908. The molecular formula is C13H15ClN2O2S. The minimum Gasteiger partial charge on any atom is -0.211 e. The van der Waals surface area contributed by atoms with Gasteiger partial charge in [0.15, 0.2) is 0 Å². The Balaban J connectivity index is 2.12. The lowest BCUT2D eigenvalue weighted by Crippen LogP contribution is -2.29. The summed E-state index contributed by atoms with van der Waals surface area (Å²) in [7, 11) is -3.61. The van der Waals surface area contributed by atoms with Crippen LogP contribution in [0.25, 0.3) is 0 Å². The van der Waals surface area contributed by atoms with E-state index < -0.39 is 10.0 Å². The van der Waals surface area contributed by atoms with Gasteiger partial charge in [0.05, 0.1) is 16.7 Å². The highest BCUT2D eigenvalue weighted by Gasteiger charge is 2.29. The molecule has 1 saturated carbocycles. The Kier molecular flexibility index (Phi) is 4.14. The molecular weight excluding hydrogens is 284 g/mol. The minimum atomic E-state index is -3.61. The van der Waals surface area contributed by atoms with Gasteiger partial charge < -0.3 is 0 Å². The van der Waals surface area contributed by atoms with Crippen LogP contribution < -0.4 is 4.72 Å². The van der Waals surface area contributed by atoms with E-state index in [9.17, 15) is 8.42 Å². The molecule has 0 aliphatic heterocycles. The molecule has 1 unspecified atom stereocenters. The molecule has 1 atom stereocenters. The fourth-order valence-electron chi connectivity index (χ4n) is 1.94. The Morgan fingerprint density at radius 1 is 1.53 bits per heavy atom. The summed E-state index contributed by atoms with van der Waals surface area (Å²) in [5, 5.41) is 8.80. The van der Waals surface area contributed by atoms with E-state index in [4.69, 9.17) is 16.9 Å². The molecule has 0 radical (unpaired) electrons. The Morgan fingerprint density at radius 3 is 2.74 bits per heavy atom. The largest absolute Gasteiger partial charge is 0.242 e. The summed E-state index contributed by atoms with van der Waals surface area (Å²) >= 11 is 5.91. The molecule has 19 heavy (non-hydrogen) atoms. The molecule has 4 nitrogen and oxygen atoms in total. The second-order valence-corrected chi connectivity index (χ2v) is 7.07. The van der Waals surface area contributed by atoms with Crippen LogP contribution in [0.5, 0.6) is 0 Å². The maximum atomic E-state index is 12.1. The fourth-order valence-corrected chi connectivity index (χ4v) is 3.63. The maximum absolute atomic E-state index is 12.1. The predicted octanol–water partition coefficient (Wildman–Crippen LogP) is 2.54. The highest BCUT2D eigenvalue weighted by Crippen LogP contribution is 2.36. The summed E-state index contributed by atoms with van der Waals surface area (Å²) in [6.45, 7) is 2.46. The number of halogens is 1. The standard InChI is InChI=1S/C13H15ClN2O2S/c1-9(11-3-4-11)8-16-19(17,18)13-5-2-10(7-15)6-12(13)14/h2,5-6,9,11,16H,3-4,8H2,1H3. The lowest BCUT2D eigenvalue weighted by molar-refractivity contribution is 0.492. The van der Waals surface area contributed by atoms with Gasteiger partial charge in [0.2, 0.25) is 10.0 Å². The molecule has 1 N–H and O–H groups in total. The van der Waals surface area contributed by atoms with Crippen LogP contribution in [0, 0.1) is 23.2 Å². The number of nitrogens with one attached hydrogen (secondary N) is 1. The number of nitriles is 1. The third-order valence-corrected chi connectivity index (χ3v) is 5.28. The average Bonchev–Trinajstić information content (AvgIpc) is 3.19. The number of hydrogen-bond acceptors (Lipinski definition) is 3. The maximum Gasteiger partial charge on any atom is 0.242 e. The fraction of sp³-hybridized carbons (Fsp3) is 0.462. The monoisotopic (exact) mass is 298 g/mol. The van der Waals surface area contributed by atoms with Gasteiger partial charge in [0.1, 0.15) is 4.90 Å². The zero-order valence-corrected chi connectivity index (χ0v) is 12.1. The van der Waals surface area contributed by atoms with E-state index in [1.165, 1.54) is 31.0 Å². The van der Waals surface area contributed by atoms with Gasteiger partial charge in [-0.2, -0.15) is 5.26 Å². The number of sulfonamides is 1. The Labute approximate surface area is 118 Å². The van der Waals surface area contributed by atoms with Crippen molar-refractivity contribution in [2.45, 2.75) is 24.7 Å². The van der Waals surface area contributed by atoms with Gasteiger partial charge in [0.25, 0.3) is 0 Å².